The Kier molecular flexibility index (Phi) is 4.06. The molecule has 108 valence electrons. The molecule has 1 aromatic carbocycles. The molecule has 1 aromatic heterocycles. The maximum Gasteiger partial charge on any atom is 0.340 e. The number of benzene rings is 1. The van der Waals surface area contributed by atoms with E-state index in [0.717, 1.165) is 11.4 Å². The Bertz CT molecular complexity index is 622. The molecule has 0 radical (unpaired) electrons. The summed E-state index contributed by atoms with van der Waals surface area (Å²) in [7, 11) is 0. The van der Waals surface area contributed by atoms with Gasteiger partial charge in [0.25, 0.3) is 0 Å². The van der Waals surface area contributed by atoms with Crippen molar-refractivity contribution in [1.82, 2.24) is 4.98 Å². The van der Waals surface area contributed by atoms with E-state index < -0.39 is 0 Å². The summed E-state index contributed by atoms with van der Waals surface area (Å²) in [4.78, 5) is 16.1. The Morgan fingerprint density at radius 1 is 1.24 bits per heavy atom. The summed E-state index contributed by atoms with van der Waals surface area (Å²) in [6, 6.07) is 11.3. The number of anilines is 1. The fourth-order valence-corrected chi connectivity index (χ4v) is 1.98. The monoisotopic (exact) mass is 302 g/mol. The van der Waals surface area contributed by atoms with Crippen molar-refractivity contribution in [2.75, 3.05) is 5.32 Å². The Balaban J connectivity index is 1.55. The second-order valence-electron chi connectivity index (χ2n) is 5.05. The minimum Gasteiger partial charge on any atom is -0.457 e. The number of hydrogen-bond donors (Lipinski definition) is 1. The van der Waals surface area contributed by atoms with Crippen LogP contribution in [-0.2, 0) is 11.3 Å². The number of halogens is 1. The van der Waals surface area contributed by atoms with Gasteiger partial charge in [-0.25, -0.2) is 9.78 Å². The summed E-state index contributed by atoms with van der Waals surface area (Å²) in [6.45, 7) is 0.220. The molecule has 3 rings (SSSR count). The largest absolute Gasteiger partial charge is 0.457 e. The van der Waals surface area contributed by atoms with Crippen LogP contribution in [0.25, 0.3) is 0 Å². The summed E-state index contributed by atoms with van der Waals surface area (Å²) >= 11 is 5.80. The van der Waals surface area contributed by atoms with Crippen molar-refractivity contribution in [1.29, 1.82) is 0 Å². The average Bonchev–Trinajstić information content (AvgIpc) is 3.31. The number of carbonyl (C=O) groups is 1. The van der Waals surface area contributed by atoms with Crippen LogP contribution in [0.4, 0.5) is 5.82 Å². The van der Waals surface area contributed by atoms with E-state index in [1.54, 1.807) is 24.3 Å². The van der Waals surface area contributed by atoms with E-state index in [1.165, 1.54) is 19.0 Å². The number of nitrogens with zero attached hydrogens (tertiary/aromatic N) is 1. The van der Waals surface area contributed by atoms with Gasteiger partial charge in [-0.05, 0) is 42.7 Å². The van der Waals surface area contributed by atoms with Crippen molar-refractivity contribution in [3.05, 3.63) is 58.7 Å². The lowest BCUT2D eigenvalue weighted by atomic mass is 10.2. The molecule has 0 unspecified atom stereocenters. The minimum atomic E-state index is -0.379. The minimum absolute atomic E-state index is 0.220. The van der Waals surface area contributed by atoms with E-state index in [-0.39, 0.29) is 12.6 Å². The van der Waals surface area contributed by atoms with Gasteiger partial charge in [0.2, 0.25) is 0 Å². The van der Waals surface area contributed by atoms with E-state index in [4.69, 9.17) is 16.3 Å². The Hall–Kier alpha value is -2.07. The van der Waals surface area contributed by atoms with Crippen LogP contribution in [-0.4, -0.2) is 17.0 Å². The quantitative estimate of drug-likeness (QED) is 0.856. The van der Waals surface area contributed by atoms with Gasteiger partial charge in [-0.3, -0.25) is 0 Å². The predicted octanol–water partition coefficient (Wildman–Crippen LogP) is 3.67. The first-order chi connectivity index (χ1) is 10.2. The van der Waals surface area contributed by atoms with Crippen molar-refractivity contribution >= 4 is 23.4 Å². The molecule has 0 atom stereocenters. The molecule has 1 N–H and O–H groups in total. The highest BCUT2D eigenvalue weighted by Crippen LogP contribution is 2.23. The lowest BCUT2D eigenvalue weighted by Gasteiger charge is -2.06. The molecule has 0 aliphatic heterocycles. The first kappa shape index (κ1) is 13.9. The molecule has 0 spiro atoms. The molecular weight excluding hydrogens is 288 g/mol. The van der Waals surface area contributed by atoms with Crippen molar-refractivity contribution in [2.24, 2.45) is 0 Å². The molecule has 5 heteroatoms. The van der Waals surface area contributed by atoms with Crippen molar-refractivity contribution in [2.45, 2.75) is 25.5 Å². The number of pyridine rings is 1. The number of carbonyl (C=O) groups excluding carboxylic acids is 1. The highest BCUT2D eigenvalue weighted by Gasteiger charge is 2.21. The first-order valence-corrected chi connectivity index (χ1v) is 7.23. The third-order valence-electron chi connectivity index (χ3n) is 3.21. The van der Waals surface area contributed by atoms with Crippen LogP contribution in [0.15, 0.2) is 42.6 Å². The van der Waals surface area contributed by atoms with E-state index >= 15 is 0 Å². The Morgan fingerprint density at radius 3 is 2.62 bits per heavy atom. The van der Waals surface area contributed by atoms with Gasteiger partial charge in [0.1, 0.15) is 12.4 Å². The Morgan fingerprint density at radius 2 is 2.00 bits per heavy atom. The summed E-state index contributed by atoms with van der Waals surface area (Å²) in [6.07, 6.45) is 3.91. The summed E-state index contributed by atoms with van der Waals surface area (Å²) in [5, 5.41) is 3.93. The topological polar surface area (TPSA) is 51.2 Å². The van der Waals surface area contributed by atoms with E-state index in [1.807, 2.05) is 12.1 Å². The third kappa shape index (κ3) is 3.95. The van der Waals surface area contributed by atoms with Crippen LogP contribution in [0, 0.1) is 0 Å². The lowest BCUT2D eigenvalue weighted by Crippen LogP contribution is -2.07. The molecule has 1 fully saturated rings. The van der Waals surface area contributed by atoms with E-state index in [2.05, 4.69) is 10.3 Å². The second kappa shape index (κ2) is 6.14. The van der Waals surface area contributed by atoms with Gasteiger partial charge < -0.3 is 10.1 Å². The summed E-state index contributed by atoms with van der Waals surface area (Å²) in [5.41, 5.74) is 1.35. The highest BCUT2D eigenvalue weighted by atomic mass is 35.5. The molecular formula is C16H15ClN2O2. The molecule has 1 aliphatic rings. The molecule has 1 heterocycles. The van der Waals surface area contributed by atoms with Crippen molar-refractivity contribution in [3.8, 4) is 0 Å². The van der Waals surface area contributed by atoms with Gasteiger partial charge in [0.05, 0.1) is 5.56 Å². The SMILES string of the molecule is O=C(OCc1ccc(Cl)cc1)c1ccc(NC2CC2)nc1. The summed E-state index contributed by atoms with van der Waals surface area (Å²) < 4.78 is 5.24. The van der Waals surface area contributed by atoms with Gasteiger partial charge >= 0.3 is 5.97 Å². The van der Waals surface area contributed by atoms with Crippen LogP contribution >= 0.6 is 11.6 Å². The van der Waals surface area contributed by atoms with Crippen LogP contribution < -0.4 is 5.32 Å². The maximum atomic E-state index is 11.9. The fraction of sp³-hybridized carbons (Fsp3) is 0.250. The third-order valence-corrected chi connectivity index (χ3v) is 3.46. The molecule has 4 nitrogen and oxygen atoms in total. The number of hydrogen-bond acceptors (Lipinski definition) is 4. The van der Waals surface area contributed by atoms with Crippen LogP contribution in [0.5, 0.6) is 0 Å². The van der Waals surface area contributed by atoms with Gasteiger partial charge in [-0.2, -0.15) is 0 Å². The van der Waals surface area contributed by atoms with Crippen LogP contribution in [0.2, 0.25) is 5.02 Å². The van der Waals surface area contributed by atoms with Gasteiger partial charge in [0, 0.05) is 17.3 Å². The molecule has 0 amide bonds. The van der Waals surface area contributed by atoms with Crippen LogP contribution in [0.3, 0.4) is 0 Å². The Labute approximate surface area is 128 Å². The zero-order valence-electron chi connectivity index (χ0n) is 11.4. The lowest BCUT2D eigenvalue weighted by molar-refractivity contribution is 0.0472. The predicted molar refractivity (Wildman–Crippen MR) is 81.5 cm³/mol. The van der Waals surface area contributed by atoms with Crippen molar-refractivity contribution in [3.63, 3.8) is 0 Å². The number of esters is 1. The zero-order chi connectivity index (χ0) is 14.7. The van der Waals surface area contributed by atoms with E-state index in [0.29, 0.717) is 16.6 Å². The average molecular weight is 303 g/mol. The van der Waals surface area contributed by atoms with Gasteiger partial charge in [-0.1, -0.05) is 23.7 Å². The van der Waals surface area contributed by atoms with Crippen molar-refractivity contribution < 1.29 is 9.53 Å². The van der Waals surface area contributed by atoms with Gasteiger partial charge in [0.15, 0.2) is 0 Å². The fourth-order valence-electron chi connectivity index (χ4n) is 1.85. The van der Waals surface area contributed by atoms with Gasteiger partial charge in [-0.15, -0.1) is 0 Å². The number of ether oxygens (including phenoxy) is 1. The smallest absolute Gasteiger partial charge is 0.340 e. The molecule has 21 heavy (non-hydrogen) atoms. The van der Waals surface area contributed by atoms with E-state index in [9.17, 15) is 4.79 Å². The standard InChI is InChI=1S/C16H15ClN2O2/c17-13-4-1-11(2-5-13)10-21-16(20)12-3-8-15(18-9-12)19-14-6-7-14/h1-5,8-9,14H,6-7,10H2,(H,18,19). The first-order valence-electron chi connectivity index (χ1n) is 6.85. The number of rotatable bonds is 5. The molecule has 0 saturated heterocycles. The van der Waals surface area contributed by atoms with Crippen LogP contribution in [0.1, 0.15) is 28.8 Å². The molecule has 0 bridgehead atoms. The number of nitrogens with one attached hydrogen (secondary N) is 1. The molecule has 2 aromatic rings. The highest BCUT2D eigenvalue weighted by molar-refractivity contribution is 6.30. The second-order valence-corrected chi connectivity index (χ2v) is 5.49. The normalized spacial score (nSPS) is 13.8. The molecule has 1 saturated carbocycles. The maximum absolute atomic E-state index is 11.9. The summed E-state index contributed by atoms with van der Waals surface area (Å²) in [5.74, 6) is 0.419. The molecule has 1 aliphatic carbocycles. The zero-order valence-corrected chi connectivity index (χ0v) is 12.1. The number of aromatic nitrogens is 1.